The Labute approximate surface area is 170 Å². The lowest BCUT2D eigenvalue weighted by Gasteiger charge is -2.09. The average molecular weight is 408 g/mol. The molecule has 30 heavy (non-hydrogen) atoms. The fourth-order valence-electron chi connectivity index (χ4n) is 4.05. The second-order valence-corrected chi connectivity index (χ2v) is 7.56. The van der Waals surface area contributed by atoms with E-state index in [0.717, 1.165) is 33.7 Å². The number of nitrogens with zero attached hydrogens (tertiary/aromatic N) is 4. The molecule has 2 aromatic carbocycles. The fourth-order valence-corrected chi connectivity index (χ4v) is 4.05. The molecule has 7 heteroatoms. The van der Waals surface area contributed by atoms with Crippen molar-refractivity contribution in [3.05, 3.63) is 77.4 Å². The second-order valence-electron chi connectivity index (χ2n) is 7.56. The van der Waals surface area contributed by atoms with E-state index in [4.69, 9.17) is 4.98 Å². The molecule has 152 valence electrons. The Kier molecular flexibility index (Phi) is 4.10. The van der Waals surface area contributed by atoms with Crippen LogP contribution in [0.3, 0.4) is 0 Å². The Morgan fingerprint density at radius 3 is 2.53 bits per heavy atom. The number of alkyl halides is 3. The molecule has 0 saturated heterocycles. The van der Waals surface area contributed by atoms with E-state index in [1.807, 2.05) is 23.7 Å². The van der Waals surface area contributed by atoms with Crippen LogP contribution in [0, 0.1) is 6.92 Å². The summed E-state index contributed by atoms with van der Waals surface area (Å²) >= 11 is 0. The molecule has 0 bridgehead atoms. The molecule has 0 aliphatic carbocycles. The van der Waals surface area contributed by atoms with E-state index >= 15 is 0 Å². The largest absolute Gasteiger partial charge is 0.418 e. The van der Waals surface area contributed by atoms with Gasteiger partial charge in [0, 0.05) is 24.5 Å². The van der Waals surface area contributed by atoms with Gasteiger partial charge in [-0.2, -0.15) is 18.3 Å². The quantitative estimate of drug-likeness (QED) is 0.396. The summed E-state index contributed by atoms with van der Waals surface area (Å²) in [6.07, 6.45) is -3.32. The van der Waals surface area contributed by atoms with E-state index in [1.165, 1.54) is 16.6 Å². The minimum Gasteiger partial charge on any atom is -0.331 e. The first kappa shape index (κ1) is 18.7. The highest BCUT2D eigenvalue weighted by molar-refractivity contribution is 6.04. The van der Waals surface area contributed by atoms with Gasteiger partial charge in [0.15, 0.2) is 0 Å². The van der Waals surface area contributed by atoms with Crippen LogP contribution in [0.5, 0.6) is 0 Å². The summed E-state index contributed by atoms with van der Waals surface area (Å²) in [5.74, 6) is 0.881. The van der Waals surface area contributed by atoms with E-state index in [1.54, 1.807) is 6.92 Å². The number of aryl methyl sites for hydroxylation is 4. The highest BCUT2D eigenvalue weighted by Crippen LogP contribution is 2.33. The SMILES string of the molecule is Cc1ccc(C(F)(F)F)c2cc(CCc3nc4c5ccccc5ccc4n3C)nn12. The highest BCUT2D eigenvalue weighted by Gasteiger charge is 2.33. The maximum absolute atomic E-state index is 13.4. The van der Waals surface area contributed by atoms with Gasteiger partial charge in [0.25, 0.3) is 0 Å². The molecule has 0 aliphatic heterocycles. The van der Waals surface area contributed by atoms with E-state index in [9.17, 15) is 13.2 Å². The molecular weight excluding hydrogens is 389 g/mol. The fraction of sp³-hybridized carbons (Fsp3) is 0.217. The Morgan fingerprint density at radius 2 is 1.73 bits per heavy atom. The molecule has 0 atom stereocenters. The Balaban J connectivity index is 1.51. The Bertz CT molecular complexity index is 1410. The summed E-state index contributed by atoms with van der Waals surface area (Å²) in [5, 5.41) is 6.64. The van der Waals surface area contributed by atoms with Crippen molar-refractivity contribution in [3.8, 4) is 0 Å². The molecule has 0 amide bonds. The number of fused-ring (bicyclic) bond motifs is 4. The van der Waals surface area contributed by atoms with Crippen LogP contribution in [0.15, 0.2) is 54.6 Å². The van der Waals surface area contributed by atoms with Crippen molar-refractivity contribution < 1.29 is 13.2 Å². The van der Waals surface area contributed by atoms with Crippen molar-refractivity contribution in [2.24, 2.45) is 7.05 Å². The predicted octanol–water partition coefficient (Wildman–Crippen LogP) is 5.49. The van der Waals surface area contributed by atoms with Crippen LogP contribution >= 0.6 is 0 Å². The lowest BCUT2D eigenvalue weighted by molar-refractivity contribution is -0.136. The van der Waals surface area contributed by atoms with Crippen LogP contribution in [0.25, 0.3) is 27.3 Å². The lowest BCUT2D eigenvalue weighted by Crippen LogP contribution is -2.08. The summed E-state index contributed by atoms with van der Waals surface area (Å²) in [7, 11) is 1.97. The maximum Gasteiger partial charge on any atom is 0.418 e. The van der Waals surface area contributed by atoms with Crippen molar-refractivity contribution in [2.45, 2.75) is 25.9 Å². The molecule has 0 N–H and O–H groups in total. The summed E-state index contributed by atoms with van der Waals surface area (Å²) in [6, 6.07) is 16.3. The third kappa shape index (κ3) is 2.93. The van der Waals surface area contributed by atoms with E-state index < -0.39 is 11.7 Å². The zero-order valence-corrected chi connectivity index (χ0v) is 16.5. The summed E-state index contributed by atoms with van der Waals surface area (Å²) in [4.78, 5) is 4.83. The van der Waals surface area contributed by atoms with Gasteiger partial charge in [-0.05, 0) is 43.0 Å². The van der Waals surface area contributed by atoms with E-state index in [0.29, 0.717) is 24.2 Å². The van der Waals surface area contributed by atoms with Crippen LogP contribution in [-0.2, 0) is 26.1 Å². The summed E-state index contributed by atoms with van der Waals surface area (Å²) in [5.41, 5.74) is 2.68. The standard InChI is InChI=1S/C23H19F3N4/c1-14-7-10-18(23(24,25)26)20-13-16(28-30(14)20)9-12-21-27-22-17-6-4-3-5-15(17)8-11-19(22)29(21)2/h3-8,10-11,13H,9,12H2,1-2H3. The molecule has 4 nitrogen and oxygen atoms in total. The van der Waals surface area contributed by atoms with Gasteiger partial charge in [0.2, 0.25) is 0 Å². The molecule has 0 unspecified atom stereocenters. The number of halogens is 3. The molecule has 0 saturated carbocycles. The number of aromatic nitrogens is 4. The van der Waals surface area contributed by atoms with Gasteiger partial charge >= 0.3 is 6.18 Å². The predicted molar refractivity (Wildman–Crippen MR) is 111 cm³/mol. The Morgan fingerprint density at radius 1 is 0.933 bits per heavy atom. The summed E-state index contributed by atoms with van der Waals surface area (Å²) in [6.45, 7) is 1.75. The first-order valence-electron chi connectivity index (χ1n) is 9.71. The minimum absolute atomic E-state index is 0.0912. The molecular formula is C23H19F3N4. The van der Waals surface area contributed by atoms with Crippen molar-refractivity contribution >= 4 is 27.3 Å². The molecule has 0 spiro atoms. The average Bonchev–Trinajstić information content (AvgIpc) is 3.28. The Hall–Kier alpha value is -3.35. The summed E-state index contributed by atoms with van der Waals surface area (Å²) < 4.78 is 43.5. The van der Waals surface area contributed by atoms with Gasteiger partial charge in [-0.25, -0.2) is 9.50 Å². The molecule has 0 aliphatic rings. The van der Waals surface area contributed by atoms with Crippen LogP contribution < -0.4 is 0 Å². The molecule has 3 aromatic heterocycles. The smallest absolute Gasteiger partial charge is 0.331 e. The number of benzene rings is 2. The third-order valence-electron chi connectivity index (χ3n) is 5.64. The van der Waals surface area contributed by atoms with Gasteiger partial charge in [0.1, 0.15) is 5.82 Å². The zero-order chi connectivity index (χ0) is 21.0. The van der Waals surface area contributed by atoms with Crippen molar-refractivity contribution in [2.75, 3.05) is 0 Å². The van der Waals surface area contributed by atoms with Crippen LogP contribution in [-0.4, -0.2) is 19.2 Å². The number of hydrogen-bond acceptors (Lipinski definition) is 2. The van der Waals surface area contributed by atoms with Crippen LogP contribution in [0.2, 0.25) is 0 Å². The highest BCUT2D eigenvalue weighted by atomic mass is 19.4. The maximum atomic E-state index is 13.4. The van der Waals surface area contributed by atoms with Gasteiger partial charge in [-0.3, -0.25) is 0 Å². The van der Waals surface area contributed by atoms with Gasteiger partial charge in [-0.1, -0.05) is 30.3 Å². The molecule has 3 heterocycles. The second kappa shape index (κ2) is 6.58. The first-order valence-corrected chi connectivity index (χ1v) is 9.71. The number of rotatable bonds is 3. The number of hydrogen-bond donors (Lipinski definition) is 0. The number of imidazole rings is 1. The van der Waals surface area contributed by atoms with Gasteiger partial charge in [0.05, 0.1) is 27.8 Å². The van der Waals surface area contributed by atoms with Gasteiger partial charge < -0.3 is 4.57 Å². The first-order chi connectivity index (χ1) is 14.3. The van der Waals surface area contributed by atoms with E-state index in [-0.39, 0.29) is 5.52 Å². The number of pyridine rings is 1. The zero-order valence-electron chi connectivity index (χ0n) is 16.5. The van der Waals surface area contributed by atoms with Crippen LogP contribution in [0.4, 0.5) is 13.2 Å². The molecule has 5 aromatic rings. The lowest BCUT2D eigenvalue weighted by atomic mass is 10.1. The molecule has 5 rings (SSSR count). The van der Waals surface area contributed by atoms with E-state index in [2.05, 4.69) is 29.4 Å². The van der Waals surface area contributed by atoms with Crippen LogP contribution in [0.1, 0.15) is 22.8 Å². The normalized spacial score (nSPS) is 12.4. The monoisotopic (exact) mass is 408 g/mol. The molecule has 0 radical (unpaired) electrons. The van der Waals surface area contributed by atoms with Gasteiger partial charge in [-0.15, -0.1) is 0 Å². The third-order valence-corrected chi connectivity index (χ3v) is 5.64. The van der Waals surface area contributed by atoms with Crippen molar-refractivity contribution in [3.63, 3.8) is 0 Å². The topological polar surface area (TPSA) is 35.1 Å². The molecule has 0 fully saturated rings. The van der Waals surface area contributed by atoms with Crippen molar-refractivity contribution in [1.82, 2.24) is 19.2 Å². The van der Waals surface area contributed by atoms with Crippen molar-refractivity contribution in [1.29, 1.82) is 0 Å². The minimum atomic E-state index is -4.41.